The minimum atomic E-state index is -0.320. The van der Waals surface area contributed by atoms with Gasteiger partial charge < -0.3 is 9.15 Å². The van der Waals surface area contributed by atoms with Crippen LogP contribution in [0, 0.1) is 5.82 Å². The minimum absolute atomic E-state index is 0.130. The van der Waals surface area contributed by atoms with Crippen LogP contribution in [0.25, 0.3) is 22.3 Å². The van der Waals surface area contributed by atoms with Crippen LogP contribution in [0.3, 0.4) is 0 Å². The van der Waals surface area contributed by atoms with E-state index in [1.807, 2.05) is 18.2 Å². The Balaban J connectivity index is 1.32. The normalized spacial score (nSPS) is 11.1. The molecule has 5 aromatic rings. The van der Waals surface area contributed by atoms with Crippen LogP contribution >= 0.6 is 11.6 Å². The second kappa shape index (κ2) is 8.88. The molecule has 0 radical (unpaired) electrons. The number of rotatable bonds is 6. The van der Waals surface area contributed by atoms with Crippen LogP contribution in [0.2, 0.25) is 5.02 Å². The zero-order valence-corrected chi connectivity index (χ0v) is 18.0. The summed E-state index contributed by atoms with van der Waals surface area (Å²) in [6.07, 6.45) is 1.76. The van der Waals surface area contributed by atoms with Crippen molar-refractivity contribution in [2.75, 3.05) is 0 Å². The second-order valence-electron chi connectivity index (χ2n) is 7.46. The lowest BCUT2D eigenvalue weighted by atomic mass is 10.1. The number of fused-ring (bicyclic) bond motifs is 1. The fourth-order valence-electron chi connectivity index (χ4n) is 3.42. The number of aromatic nitrogens is 3. The second-order valence-corrected chi connectivity index (χ2v) is 7.90. The maximum atomic E-state index is 13.0. The molecular weight excluding hydrogens is 445 g/mol. The third-order valence-electron chi connectivity index (χ3n) is 5.05. The van der Waals surface area contributed by atoms with Gasteiger partial charge in [0.1, 0.15) is 35.2 Å². The largest absolute Gasteiger partial charge is 0.487 e. The Labute approximate surface area is 192 Å². The molecule has 33 heavy (non-hydrogen) atoms. The molecule has 0 aliphatic rings. The Kier molecular flexibility index (Phi) is 5.62. The number of hydrogen-bond donors (Lipinski definition) is 0. The van der Waals surface area contributed by atoms with Gasteiger partial charge in [-0.05, 0) is 66.2 Å². The molecule has 0 unspecified atom stereocenters. The Morgan fingerprint density at radius 2 is 1.79 bits per heavy atom. The molecule has 3 aromatic carbocycles. The van der Waals surface area contributed by atoms with E-state index in [-0.39, 0.29) is 17.9 Å². The molecule has 0 atom stereocenters. The predicted molar refractivity (Wildman–Crippen MR) is 123 cm³/mol. The van der Waals surface area contributed by atoms with Gasteiger partial charge in [-0.25, -0.2) is 9.07 Å². The molecule has 0 saturated carbocycles. The van der Waals surface area contributed by atoms with Crippen LogP contribution in [-0.4, -0.2) is 15.0 Å². The average molecular weight is 462 g/mol. The van der Waals surface area contributed by atoms with Gasteiger partial charge >= 0.3 is 0 Å². The van der Waals surface area contributed by atoms with E-state index in [0.717, 1.165) is 11.1 Å². The summed E-state index contributed by atoms with van der Waals surface area (Å²) in [5, 5.41) is 9.32. The molecule has 0 amide bonds. The molecule has 2 aromatic heterocycles. The maximum absolute atomic E-state index is 13.0. The van der Waals surface area contributed by atoms with Crippen LogP contribution in [0.4, 0.5) is 4.39 Å². The van der Waals surface area contributed by atoms with Gasteiger partial charge in [0, 0.05) is 16.7 Å². The van der Waals surface area contributed by atoms with E-state index in [4.69, 9.17) is 20.8 Å². The summed E-state index contributed by atoms with van der Waals surface area (Å²) in [5.41, 5.74) is 2.66. The molecule has 0 aliphatic carbocycles. The molecule has 8 heteroatoms. The smallest absolute Gasteiger partial charge is 0.193 e. The van der Waals surface area contributed by atoms with Gasteiger partial charge in [-0.2, -0.15) is 0 Å². The van der Waals surface area contributed by atoms with Crippen LogP contribution in [-0.2, 0) is 13.2 Å². The molecule has 6 nitrogen and oxygen atoms in total. The van der Waals surface area contributed by atoms with Gasteiger partial charge in [0.25, 0.3) is 0 Å². The van der Waals surface area contributed by atoms with E-state index in [1.165, 1.54) is 18.2 Å². The Bertz CT molecular complexity index is 1480. The van der Waals surface area contributed by atoms with Crippen molar-refractivity contribution in [3.63, 3.8) is 0 Å². The standard InChI is InChI=1S/C25H17ClFN3O3/c26-18-4-2-17(3-5-18)25-12-23(31)22-11-16(1-10-24(22)33-25)13-30-14-20(28-29-30)15-32-21-8-6-19(27)7-9-21/h1-12,14H,13,15H2. The number of ether oxygens (including phenoxy) is 1. The Morgan fingerprint density at radius 1 is 1.00 bits per heavy atom. The molecule has 2 heterocycles. The maximum Gasteiger partial charge on any atom is 0.193 e. The van der Waals surface area contributed by atoms with Crippen molar-refractivity contribution in [2.24, 2.45) is 0 Å². The molecular formula is C25H17ClFN3O3. The SMILES string of the molecule is O=c1cc(-c2ccc(Cl)cc2)oc2ccc(Cn3cc(COc4ccc(F)cc4)nn3)cc12. The van der Waals surface area contributed by atoms with E-state index in [1.54, 1.807) is 47.3 Å². The van der Waals surface area contributed by atoms with Crippen molar-refractivity contribution in [1.82, 2.24) is 15.0 Å². The summed E-state index contributed by atoms with van der Waals surface area (Å²) >= 11 is 5.94. The Morgan fingerprint density at radius 3 is 2.58 bits per heavy atom. The Hall–Kier alpha value is -3.97. The summed E-state index contributed by atoms with van der Waals surface area (Å²) in [6.45, 7) is 0.637. The molecule has 0 spiro atoms. The number of benzene rings is 3. The van der Waals surface area contributed by atoms with E-state index >= 15 is 0 Å². The highest BCUT2D eigenvalue weighted by Crippen LogP contribution is 2.24. The fourth-order valence-corrected chi connectivity index (χ4v) is 3.54. The first-order valence-corrected chi connectivity index (χ1v) is 10.5. The zero-order valence-electron chi connectivity index (χ0n) is 17.2. The zero-order chi connectivity index (χ0) is 22.8. The molecule has 164 valence electrons. The van der Waals surface area contributed by atoms with E-state index in [0.29, 0.717) is 39.7 Å². The topological polar surface area (TPSA) is 70.2 Å². The predicted octanol–water partition coefficient (Wildman–Crippen LogP) is 5.47. The van der Waals surface area contributed by atoms with Gasteiger partial charge in [0.2, 0.25) is 0 Å². The van der Waals surface area contributed by atoms with E-state index in [9.17, 15) is 9.18 Å². The van der Waals surface area contributed by atoms with Crippen LogP contribution in [0.5, 0.6) is 5.75 Å². The highest BCUT2D eigenvalue weighted by Gasteiger charge is 2.09. The highest BCUT2D eigenvalue weighted by atomic mass is 35.5. The van der Waals surface area contributed by atoms with Crippen molar-refractivity contribution in [2.45, 2.75) is 13.2 Å². The number of nitrogens with zero attached hydrogens (tertiary/aromatic N) is 3. The lowest BCUT2D eigenvalue weighted by Crippen LogP contribution is -2.04. The first-order valence-electron chi connectivity index (χ1n) is 10.1. The highest BCUT2D eigenvalue weighted by molar-refractivity contribution is 6.30. The van der Waals surface area contributed by atoms with Gasteiger partial charge in [0.05, 0.1) is 18.1 Å². The van der Waals surface area contributed by atoms with Gasteiger partial charge in [-0.15, -0.1) is 5.10 Å². The van der Waals surface area contributed by atoms with Gasteiger partial charge in [-0.1, -0.05) is 22.9 Å². The molecule has 0 fully saturated rings. The lowest BCUT2D eigenvalue weighted by molar-refractivity contribution is 0.300. The molecule has 0 bridgehead atoms. The van der Waals surface area contributed by atoms with Crippen LogP contribution < -0.4 is 10.2 Å². The van der Waals surface area contributed by atoms with Crippen molar-refractivity contribution < 1.29 is 13.5 Å². The molecule has 0 saturated heterocycles. The van der Waals surface area contributed by atoms with Gasteiger partial charge in [-0.3, -0.25) is 4.79 Å². The summed E-state index contributed by atoms with van der Waals surface area (Å²) < 4.78 is 26.2. The van der Waals surface area contributed by atoms with E-state index in [2.05, 4.69) is 10.3 Å². The third kappa shape index (κ3) is 4.78. The summed E-state index contributed by atoms with van der Waals surface area (Å²) in [4.78, 5) is 12.7. The molecule has 5 rings (SSSR count). The fraction of sp³-hybridized carbons (Fsp3) is 0.0800. The van der Waals surface area contributed by atoms with Crippen LogP contribution in [0.1, 0.15) is 11.3 Å². The van der Waals surface area contributed by atoms with Crippen molar-refractivity contribution in [1.29, 1.82) is 0 Å². The lowest BCUT2D eigenvalue weighted by Gasteiger charge is -2.06. The van der Waals surface area contributed by atoms with Crippen LogP contribution in [0.15, 0.2) is 88.2 Å². The number of hydrogen-bond acceptors (Lipinski definition) is 5. The first-order chi connectivity index (χ1) is 16.0. The summed E-state index contributed by atoms with van der Waals surface area (Å²) in [7, 11) is 0. The minimum Gasteiger partial charge on any atom is -0.487 e. The van der Waals surface area contributed by atoms with E-state index < -0.39 is 0 Å². The monoisotopic (exact) mass is 461 g/mol. The number of halogens is 2. The van der Waals surface area contributed by atoms with Crippen molar-refractivity contribution in [3.8, 4) is 17.1 Å². The first kappa shape index (κ1) is 20.9. The van der Waals surface area contributed by atoms with Gasteiger partial charge in [0.15, 0.2) is 5.43 Å². The quantitative estimate of drug-likeness (QED) is 0.335. The van der Waals surface area contributed by atoms with Crippen molar-refractivity contribution >= 4 is 22.6 Å². The average Bonchev–Trinajstić information content (AvgIpc) is 3.27. The summed E-state index contributed by atoms with van der Waals surface area (Å²) in [5.74, 6) is 0.711. The molecule has 0 aliphatic heterocycles. The summed E-state index contributed by atoms with van der Waals surface area (Å²) in [6, 6.07) is 19.8. The molecule has 0 N–H and O–H groups in total. The van der Waals surface area contributed by atoms with Crippen molar-refractivity contribution in [3.05, 3.63) is 111 Å². The third-order valence-corrected chi connectivity index (χ3v) is 5.30.